The standard InChI is InChI=1S/C10H22N2O2/c1-8(9(2)14-3)12-7-5-4-6-10(11)13/h8-9,12H,4-7H2,1-3H3,(H2,11,13). The van der Waals surface area contributed by atoms with E-state index in [0.29, 0.717) is 12.5 Å². The molecule has 0 heterocycles. The molecule has 0 fully saturated rings. The predicted octanol–water partition coefficient (Wildman–Crippen LogP) is 0.655. The molecule has 0 bridgehead atoms. The van der Waals surface area contributed by atoms with E-state index in [0.717, 1.165) is 19.4 Å². The van der Waals surface area contributed by atoms with Crippen LogP contribution >= 0.6 is 0 Å². The van der Waals surface area contributed by atoms with Crippen LogP contribution in [-0.4, -0.2) is 31.7 Å². The van der Waals surface area contributed by atoms with Crippen molar-refractivity contribution in [2.24, 2.45) is 5.73 Å². The second-order valence-electron chi connectivity index (χ2n) is 3.61. The van der Waals surface area contributed by atoms with Crippen LogP contribution in [0.1, 0.15) is 33.1 Å². The van der Waals surface area contributed by atoms with Crippen LogP contribution in [0, 0.1) is 0 Å². The lowest BCUT2D eigenvalue weighted by Gasteiger charge is -2.19. The Morgan fingerprint density at radius 1 is 1.43 bits per heavy atom. The smallest absolute Gasteiger partial charge is 0.217 e. The molecule has 0 aliphatic rings. The molecule has 4 heteroatoms. The summed E-state index contributed by atoms with van der Waals surface area (Å²) in [7, 11) is 1.70. The number of rotatable bonds is 8. The third-order valence-corrected chi connectivity index (χ3v) is 2.39. The van der Waals surface area contributed by atoms with Gasteiger partial charge in [-0.25, -0.2) is 0 Å². The summed E-state index contributed by atoms with van der Waals surface area (Å²) in [4.78, 5) is 10.4. The van der Waals surface area contributed by atoms with Crippen molar-refractivity contribution in [1.29, 1.82) is 0 Å². The van der Waals surface area contributed by atoms with Gasteiger partial charge >= 0.3 is 0 Å². The SMILES string of the molecule is COC(C)C(C)NCCCCC(N)=O. The number of amides is 1. The van der Waals surface area contributed by atoms with Gasteiger partial charge in [0.05, 0.1) is 6.10 Å². The number of primary amides is 1. The summed E-state index contributed by atoms with van der Waals surface area (Å²) in [5.41, 5.74) is 5.02. The van der Waals surface area contributed by atoms with E-state index < -0.39 is 0 Å². The van der Waals surface area contributed by atoms with Crippen LogP contribution in [0.25, 0.3) is 0 Å². The number of nitrogens with two attached hydrogens (primary N) is 1. The molecule has 0 aliphatic heterocycles. The summed E-state index contributed by atoms with van der Waals surface area (Å²) in [5, 5.41) is 3.33. The highest BCUT2D eigenvalue weighted by molar-refractivity contribution is 5.73. The minimum Gasteiger partial charge on any atom is -0.380 e. The minimum atomic E-state index is -0.219. The molecule has 0 spiro atoms. The molecule has 0 aliphatic carbocycles. The van der Waals surface area contributed by atoms with Gasteiger partial charge in [-0.05, 0) is 33.2 Å². The number of hydrogen-bond donors (Lipinski definition) is 2. The molecule has 1 amide bonds. The van der Waals surface area contributed by atoms with Crippen molar-refractivity contribution < 1.29 is 9.53 Å². The second-order valence-corrected chi connectivity index (χ2v) is 3.61. The second kappa shape index (κ2) is 7.76. The van der Waals surface area contributed by atoms with Crippen molar-refractivity contribution in [3.63, 3.8) is 0 Å². The van der Waals surface area contributed by atoms with Gasteiger partial charge in [0.2, 0.25) is 5.91 Å². The van der Waals surface area contributed by atoms with E-state index in [4.69, 9.17) is 10.5 Å². The number of hydrogen-bond acceptors (Lipinski definition) is 3. The Hall–Kier alpha value is -0.610. The van der Waals surface area contributed by atoms with E-state index in [-0.39, 0.29) is 12.0 Å². The van der Waals surface area contributed by atoms with Gasteiger partial charge in [-0.2, -0.15) is 0 Å². The highest BCUT2D eigenvalue weighted by Gasteiger charge is 2.09. The van der Waals surface area contributed by atoms with Crippen molar-refractivity contribution in [2.75, 3.05) is 13.7 Å². The van der Waals surface area contributed by atoms with Crippen LogP contribution in [0.5, 0.6) is 0 Å². The first-order valence-electron chi connectivity index (χ1n) is 5.12. The van der Waals surface area contributed by atoms with Gasteiger partial charge in [0, 0.05) is 19.6 Å². The lowest BCUT2D eigenvalue weighted by Crippen LogP contribution is -2.37. The van der Waals surface area contributed by atoms with Gasteiger partial charge in [0.25, 0.3) is 0 Å². The van der Waals surface area contributed by atoms with E-state index >= 15 is 0 Å². The van der Waals surface area contributed by atoms with Crippen molar-refractivity contribution in [3.05, 3.63) is 0 Å². The lowest BCUT2D eigenvalue weighted by atomic mass is 10.2. The molecule has 2 unspecified atom stereocenters. The fourth-order valence-corrected chi connectivity index (χ4v) is 1.12. The van der Waals surface area contributed by atoms with E-state index in [2.05, 4.69) is 12.2 Å². The Kier molecular flexibility index (Phi) is 7.42. The van der Waals surface area contributed by atoms with Gasteiger partial charge in [-0.15, -0.1) is 0 Å². The van der Waals surface area contributed by atoms with Crippen molar-refractivity contribution >= 4 is 5.91 Å². The topological polar surface area (TPSA) is 64.3 Å². The number of carbonyl (C=O) groups is 1. The summed E-state index contributed by atoms with van der Waals surface area (Å²) in [6, 6.07) is 0.341. The summed E-state index contributed by atoms with van der Waals surface area (Å²) >= 11 is 0. The Bertz CT molecular complexity index is 162. The van der Waals surface area contributed by atoms with Crippen LogP contribution in [0.3, 0.4) is 0 Å². The zero-order valence-corrected chi connectivity index (χ0v) is 9.38. The van der Waals surface area contributed by atoms with E-state index in [1.807, 2.05) is 6.92 Å². The van der Waals surface area contributed by atoms with Crippen LogP contribution < -0.4 is 11.1 Å². The maximum Gasteiger partial charge on any atom is 0.217 e. The molecule has 14 heavy (non-hydrogen) atoms. The van der Waals surface area contributed by atoms with E-state index in [1.54, 1.807) is 7.11 Å². The fourth-order valence-electron chi connectivity index (χ4n) is 1.12. The molecule has 0 aromatic rings. The molecule has 0 radical (unpaired) electrons. The largest absolute Gasteiger partial charge is 0.380 e. The summed E-state index contributed by atoms with van der Waals surface area (Å²) in [5.74, 6) is -0.219. The van der Waals surface area contributed by atoms with Crippen LogP contribution in [0.2, 0.25) is 0 Å². The van der Waals surface area contributed by atoms with Gasteiger partial charge in [0.15, 0.2) is 0 Å². The maximum absolute atomic E-state index is 10.4. The molecule has 0 aromatic heterocycles. The fraction of sp³-hybridized carbons (Fsp3) is 0.900. The van der Waals surface area contributed by atoms with Crippen molar-refractivity contribution in [3.8, 4) is 0 Å². The van der Waals surface area contributed by atoms with Gasteiger partial charge in [-0.3, -0.25) is 4.79 Å². The summed E-state index contributed by atoms with van der Waals surface area (Å²) in [6.45, 7) is 5.02. The molecule has 0 saturated heterocycles. The van der Waals surface area contributed by atoms with E-state index in [1.165, 1.54) is 0 Å². The zero-order chi connectivity index (χ0) is 11.0. The number of unbranched alkanes of at least 4 members (excludes halogenated alkanes) is 1. The molecule has 2 atom stereocenters. The monoisotopic (exact) mass is 202 g/mol. The molecule has 84 valence electrons. The quantitative estimate of drug-likeness (QED) is 0.568. The van der Waals surface area contributed by atoms with Crippen LogP contribution in [-0.2, 0) is 9.53 Å². The van der Waals surface area contributed by atoms with Gasteiger partial charge < -0.3 is 15.8 Å². The summed E-state index contributed by atoms with van der Waals surface area (Å²) < 4.78 is 5.17. The first-order valence-corrected chi connectivity index (χ1v) is 5.12. The van der Waals surface area contributed by atoms with Gasteiger partial charge in [-0.1, -0.05) is 0 Å². The zero-order valence-electron chi connectivity index (χ0n) is 9.38. The number of carbonyl (C=O) groups excluding carboxylic acids is 1. The van der Waals surface area contributed by atoms with Crippen molar-refractivity contribution in [1.82, 2.24) is 5.32 Å². The highest BCUT2D eigenvalue weighted by Crippen LogP contribution is 1.98. The molecular formula is C10H22N2O2. The number of nitrogens with one attached hydrogen (secondary N) is 1. The Balaban J connectivity index is 3.31. The molecule has 4 nitrogen and oxygen atoms in total. The molecular weight excluding hydrogens is 180 g/mol. The first kappa shape index (κ1) is 13.4. The maximum atomic E-state index is 10.4. The van der Waals surface area contributed by atoms with E-state index in [9.17, 15) is 4.79 Å². The average molecular weight is 202 g/mol. The van der Waals surface area contributed by atoms with Crippen molar-refractivity contribution in [2.45, 2.75) is 45.3 Å². The normalized spacial score (nSPS) is 15.1. The first-order chi connectivity index (χ1) is 6.57. The highest BCUT2D eigenvalue weighted by atomic mass is 16.5. The molecule has 3 N–H and O–H groups in total. The molecule has 0 rings (SSSR count). The predicted molar refractivity (Wildman–Crippen MR) is 57.0 cm³/mol. The third-order valence-electron chi connectivity index (χ3n) is 2.39. The van der Waals surface area contributed by atoms with Gasteiger partial charge in [0.1, 0.15) is 0 Å². The summed E-state index contributed by atoms with van der Waals surface area (Å²) in [6.07, 6.45) is 2.53. The van der Waals surface area contributed by atoms with Crippen LogP contribution in [0.15, 0.2) is 0 Å². The Morgan fingerprint density at radius 2 is 2.07 bits per heavy atom. The number of methoxy groups -OCH3 is 1. The molecule has 0 saturated carbocycles. The lowest BCUT2D eigenvalue weighted by molar-refractivity contribution is -0.118. The average Bonchev–Trinajstić information content (AvgIpc) is 2.15. The molecule has 0 aromatic carbocycles. The number of ether oxygens (including phenoxy) is 1. The minimum absolute atomic E-state index is 0.214. The Morgan fingerprint density at radius 3 is 2.57 bits per heavy atom. The third kappa shape index (κ3) is 6.86. The Labute approximate surface area is 86.2 Å². The van der Waals surface area contributed by atoms with Crippen LogP contribution in [0.4, 0.5) is 0 Å².